The monoisotopic (exact) mass is 335 g/mol. The van der Waals surface area contributed by atoms with E-state index in [1.807, 2.05) is 0 Å². The van der Waals surface area contributed by atoms with E-state index in [1.54, 1.807) is 0 Å². The smallest absolute Gasteiger partial charge is 0.0547 e. The maximum Gasteiger partial charge on any atom is 0.0547 e. The van der Waals surface area contributed by atoms with Crippen LogP contribution in [0.1, 0.15) is 25.3 Å². The van der Waals surface area contributed by atoms with Crippen molar-refractivity contribution >= 4 is 32.6 Å². The lowest BCUT2D eigenvalue weighted by Gasteiger charge is -2.10. The largest absolute Gasteiger partial charge is 0.309 e. The summed E-state index contributed by atoms with van der Waals surface area (Å²) >= 11 is 0. The molecule has 4 aromatic carbocycles. The molecule has 0 spiro atoms. The highest BCUT2D eigenvalue weighted by Crippen LogP contribution is 2.40. The van der Waals surface area contributed by atoms with E-state index in [1.165, 1.54) is 43.8 Å². The van der Waals surface area contributed by atoms with Gasteiger partial charge in [0.1, 0.15) is 0 Å². The summed E-state index contributed by atoms with van der Waals surface area (Å²) in [6.45, 7) is 4.57. The fraction of sp³-hybridized carbons (Fsp3) is 0.120. The Hall–Kier alpha value is -3.06. The molecule has 1 aromatic heterocycles. The number of para-hydroxylation sites is 1. The zero-order chi connectivity index (χ0) is 17.7. The molecule has 0 amide bonds. The average molecular weight is 335 g/mol. The molecule has 0 aliphatic carbocycles. The highest BCUT2D eigenvalue weighted by molar-refractivity contribution is 6.22. The van der Waals surface area contributed by atoms with Gasteiger partial charge in [-0.3, -0.25) is 0 Å². The molecule has 0 atom stereocenters. The van der Waals surface area contributed by atoms with Crippen molar-refractivity contribution in [3.63, 3.8) is 0 Å². The van der Waals surface area contributed by atoms with Crippen LogP contribution in [0.25, 0.3) is 38.3 Å². The average Bonchev–Trinajstić information content (AvgIpc) is 3.03. The number of fused-ring (bicyclic) bond motifs is 5. The second-order valence-corrected chi connectivity index (χ2v) is 7.25. The maximum atomic E-state index is 2.41. The van der Waals surface area contributed by atoms with Gasteiger partial charge in [-0.1, -0.05) is 74.5 Å². The van der Waals surface area contributed by atoms with Gasteiger partial charge < -0.3 is 4.57 Å². The van der Waals surface area contributed by atoms with Crippen molar-refractivity contribution in [3.05, 3.63) is 90.5 Å². The van der Waals surface area contributed by atoms with Gasteiger partial charge in [0.05, 0.1) is 11.0 Å². The lowest BCUT2D eigenvalue weighted by Crippen LogP contribution is -1.94. The molecule has 0 aliphatic heterocycles. The van der Waals surface area contributed by atoms with Gasteiger partial charge in [0.2, 0.25) is 0 Å². The second-order valence-electron chi connectivity index (χ2n) is 7.25. The Morgan fingerprint density at radius 1 is 0.615 bits per heavy atom. The summed E-state index contributed by atoms with van der Waals surface area (Å²) in [4.78, 5) is 0. The van der Waals surface area contributed by atoms with E-state index < -0.39 is 0 Å². The predicted octanol–water partition coefficient (Wildman–Crippen LogP) is 7.06. The number of benzene rings is 4. The van der Waals surface area contributed by atoms with E-state index >= 15 is 0 Å². The number of rotatable bonds is 2. The summed E-state index contributed by atoms with van der Waals surface area (Å²) in [5, 5.41) is 5.38. The van der Waals surface area contributed by atoms with Crippen molar-refractivity contribution in [2.45, 2.75) is 19.8 Å². The van der Waals surface area contributed by atoms with Crippen LogP contribution in [0.4, 0.5) is 0 Å². The number of nitrogens with zero attached hydrogens (tertiary/aromatic N) is 1. The van der Waals surface area contributed by atoms with Crippen LogP contribution in [-0.2, 0) is 0 Å². The number of hydrogen-bond acceptors (Lipinski definition) is 0. The Morgan fingerprint density at radius 2 is 1.35 bits per heavy atom. The van der Waals surface area contributed by atoms with Crippen LogP contribution in [-0.4, -0.2) is 4.57 Å². The number of aromatic nitrogens is 1. The van der Waals surface area contributed by atoms with Crippen LogP contribution in [0.3, 0.4) is 0 Å². The van der Waals surface area contributed by atoms with Gasteiger partial charge in [-0.15, -0.1) is 0 Å². The molecule has 0 bridgehead atoms. The standard InChI is InChI=1S/C25H21N/c1-17(2)20-13-8-14-22-24(20)25-21-12-7-6-9-18(21)15-16-23(25)26(22)19-10-4-3-5-11-19/h3-17H,1-2H3. The van der Waals surface area contributed by atoms with E-state index in [9.17, 15) is 0 Å². The van der Waals surface area contributed by atoms with Gasteiger partial charge in [-0.2, -0.15) is 0 Å². The highest BCUT2D eigenvalue weighted by Gasteiger charge is 2.18. The van der Waals surface area contributed by atoms with E-state index in [2.05, 4.69) is 103 Å². The molecule has 0 unspecified atom stereocenters. The zero-order valence-corrected chi connectivity index (χ0v) is 15.1. The van der Waals surface area contributed by atoms with Crippen LogP contribution >= 0.6 is 0 Å². The zero-order valence-electron chi connectivity index (χ0n) is 15.1. The normalized spacial score (nSPS) is 11.8. The third-order valence-electron chi connectivity index (χ3n) is 5.35. The minimum Gasteiger partial charge on any atom is -0.309 e. The van der Waals surface area contributed by atoms with Crippen molar-refractivity contribution in [2.75, 3.05) is 0 Å². The topological polar surface area (TPSA) is 4.93 Å². The van der Waals surface area contributed by atoms with Crippen LogP contribution in [0.15, 0.2) is 84.9 Å². The Bertz CT molecular complexity index is 1240. The molecule has 0 fully saturated rings. The van der Waals surface area contributed by atoms with E-state index in [0.29, 0.717) is 5.92 Å². The summed E-state index contributed by atoms with van der Waals surface area (Å²) in [6, 6.07) is 30.6. The van der Waals surface area contributed by atoms with Gasteiger partial charge in [-0.25, -0.2) is 0 Å². The van der Waals surface area contributed by atoms with Gasteiger partial charge in [0.25, 0.3) is 0 Å². The molecule has 1 heterocycles. The second kappa shape index (κ2) is 5.74. The minimum absolute atomic E-state index is 0.479. The van der Waals surface area contributed by atoms with E-state index in [0.717, 1.165) is 0 Å². The highest BCUT2D eigenvalue weighted by atomic mass is 15.0. The first-order chi connectivity index (χ1) is 12.8. The molecule has 0 saturated heterocycles. The third-order valence-corrected chi connectivity index (χ3v) is 5.35. The molecule has 0 aliphatic rings. The Kier molecular flexibility index (Phi) is 3.36. The molecule has 1 heteroatoms. The van der Waals surface area contributed by atoms with Crippen molar-refractivity contribution in [3.8, 4) is 5.69 Å². The number of hydrogen-bond donors (Lipinski definition) is 0. The molecule has 0 saturated carbocycles. The predicted molar refractivity (Wildman–Crippen MR) is 112 cm³/mol. The van der Waals surface area contributed by atoms with E-state index in [-0.39, 0.29) is 0 Å². The minimum atomic E-state index is 0.479. The molecular formula is C25H21N. The summed E-state index contributed by atoms with van der Waals surface area (Å²) < 4.78 is 2.41. The molecular weight excluding hydrogens is 314 g/mol. The lowest BCUT2D eigenvalue weighted by molar-refractivity contribution is 0.877. The van der Waals surface area contributed by atoms with Gasteiger partial charge in [-0.05, 0) is 46.5 Å². The molecule has 0 N–H and O–H groups in total. The first-order valence-electron chi connectivity index (χ1n) is 9.26. The van der Waals surface area contributed by atoms with Crippen molar-refractivity contribution in [1.29, 1.82) is 0 Å². The molecule has 5 rings (SSSR count). The molecule has 26 heavy (non-hydrogen) atoms. The van der Waals surface area contributed by atoms with Crippen molar-refractivity contribution in [1.82, 2.24) is 4.57 Å². The third kappa shape index (κ3) is 2.10. The maximum absolute atomic E-state index is 2.41. The Balaban J connectivity index is 2.09. The van der Waals surface area contributed by atoms with Crippen LogP contribution < -0.4 is 0 Å². The first kappa shape index (κ1) is 15.2. The Morgan fingerprint density at radius 3 is 2.15 bits per heavy atom. The molecule has 126 valence electrons. The quantitative estimate of drug-likeness (QED) is 0.325. The summed E-state index contributed by atoms with van der Waals surface area (Å²) in [6.07, 6.45) is 0. The van der Waals surface area contributed by atoms with Crippen molar-refractivity contribution < 1.29 is 0 Å². The molecule has 1 nitrogen and oxygen atoms in total. The molecule has 0 radical (unpaired) electrons. The molecule has 5 aromatic rings. The van der Waals surface area contributed by atoms with Gasteiger partial charge in [0, 0.05) is 16.5 Å². The van der Waals surface area contributed by atoms with Gasteiger partial charge >= 0.3 is 0 Å². The van der Waals surface area contributed by atoms with Crippen LogP contribution in [0, 0.1) is 0 Å². The SMILES string of the molecule is CC(C)c1cccc2c1c1c3ccccc3ccc1n2-c1ccccc1. The lowest BCUT2D eigenvalue weighted by atomic mass is 9.95. The fourth-order valence-corrected chi connectivity index (χ4v) is 4.19. The Labute approximate surface area is 153 Å². The first-order valence-corrected chi connectivity index (χ1v) is 9.26. The summed E-state index contributed by atoms with van der Waals surface area (Å²) in [5.41, 5.74) is 5.19. The fourth-order valence-electron chi connectivity index (χ4n) is 4.19. The van der Waals surface area contributed by atoms with Crippen LogP contribution in [0.2, 0.25) is 0 Å². The van der Waals surface area contributed by atoms with Crippen LogP contribution in [0.5, 0.6) is 0 Å². The summed E-state index contributed by atoms with van der Waals surface area (Å²) in [5.74, 6) is 0.479. The summed E-state index contributed by atoms with van der Waals surface area (Å²) in [7, 11) is 0. The van der Waals surface area contributed by atoms with E-state index in [4.69, 9.17) is 0 Å². The van der Waals surface area contributed by atoms with Gasteiger partial charge in [0.15, 0.2) is 0 Å². The van der Waals surface area contributed by atoms with Crippen molar-refractivity contribution in [2.24, 2.45) is 0 Å².